The van der Waals surface area contributed by atoms with Gasteiger partial charge in [0.05, 0.1) is 0 Å². The van der Waals surface area contributed by atoms with Crippen molar-refractivity contribution in [2.45, 2.75) is 45.1 Å². The number of carbonyl (C=O) groups excluding carboxylic acids is 1. The molecule has 0 unspecified atom stereocenters. The van der Waals surface area contributed by atoms with Crippen LogP contribution >= 0.6 is 0 Å². The molecule has 96 valence electrons. The van der Waals surface area contributed by atoms with E-state index in [1.54, 1.807) is 0 Å². The van der Waals surface area contributed by atoms with E-state index in [9.17, 15) is 9.59 Å². The van der Waals surface area contributed by atoms with Crippen LogP contribution in [0.25, 0.3) is 0 Å². The molecule has 0 heterocycles. The molecule has 0 saturated carbocycles. The first-order valence-electron chi connectivity index (χ1n) is 6.04. The van der Waals surface area contributed by atoms with Crippen molar-refractivity contribution in [2.24, 2.45) is 0 Å². The lowest BCUT2D eigenvalue weighted by Crippen LogP contribution is -2.44. The van der Waals surface area contributed by atoms with Crippen LogP contribution in [-0.2, 0) is 4.79 Å². The van der Waals surface area contributed by atoms with E-state index >= 15 is 0 Å². The van der Waals surface area contributed by atoms with E-state index < -0.39 is 18.0 Å². The van der Waals surface area contributed by atoms with Gasteiger partial charge >= 0.3 is 12.0 Å². The Balaban J connectivity index is 2.15. The van der Waals surface area contributed by atoms with Crippen molar-refractivity contribution in [3.63, 3.8) is 0 Å². The summed E-state index contributed by atoms with van der Waals surface area (Å²) in [6.07, 6.45) is 7.84. The van der Waals surface area contributed by atoms with Crippen molar-refractivity contribution < 1.29 is 14.7 Å². The lowest BCUT2D eigenvalue weighted by Gasteiger charge is -2.14. The van der Waals surface area contributed by atoms with Crippen LogP contribution in [0.5, 0.6) is 0 Å². The second-order valence-electron chi connectivity index (χ2n) is 4.32. The van der Waals surface area contributed by atoms with Gasteiger partial charge in [-0.15, -0.1) is 0 Å². The van der Waals surface area contributed by atoms with Gasteiger partial charge in [-0.05, 0) is 39.0 Å². The summed E-state index contributed by atoms with van der Waals surface area (Å²) < 4.78 is 0. The Bertz CT molecular complexity index is 313. The van der Waals surface area contributed by atoms with Gasteiger partial charge in [0, 0.05) is 6.54 Å². The molecule has 2 amide bonds. The average molecular weight is 240 g/mol. The number of urea groups is 1. The van der Waals surface area contributed by atoms with Crippen LogP contribution in [0, 0.1) is 0 Å². The average Bonchev–Trinajstić information content (AvgIpc) is 2.30. The van der Waals surface area contributed by atoms with Crippen molar-refractivity contribution in [3.8, 4) is 0 Å². The van der Waals surface area contributed by atoms with Crippen molar-refractivity contribution in [2.75, 3.05) is 6.54 Å². The van der Waals surface area contributed by atoms with E-state index in [0.717, 1.165) is 19.3 Å². The first kappa shape index (κ1) is 13.5. The fourth-order valence-electron chi connectivity index (χ4n) is 1.78. The Morgan fingerprint density at radius 1 is 1.47 bits per heavy atom. The molecule has 0 spiro atoms. The van der Waals surface area contributed by atoms with Crippen molar-refractivity contribution in [1.29, 1.82) is 0 Å². The fourth-order valence-corrected chi connectivity index (χ4v) is 1.78. The normalized spacial score (nSPS) is 16.9. The summed E-state index contributed by atoms with van der Waals surface area (Å²) in [5, 5.41) is 13.6. The number of nitrogens with one attached hydrogen (secondary N) is 2. The highest BCUT2D eigenvalue weighted by molar-refractivity contribution is 5.82. The minimum absolute atomic E-state index is 0.420. The number of amides is 2. The number of hydrogen-bond donors (Lipinski definition) is 3. The summed E-state index contributed by atoms with van der Waals surface area (Å²) in [7, 11) is 0. The van der Waals surface area contributed by atoms with E-state index in [4.69, 9.17) is 5.11 Å². The minimum atomic E-state index is -1.03. The standard InChI is InChI=1S/C12H20N2O3/c1-9(11(15)16)14-12(17)13-8-7-10-5-3-2-4-6-10/h5,9H,2-4,6-8H2,1H3,(H,15,16)(H2,13,14,17)/t9-/m1/s1. The molecular formula is C12H20N2O3. The Morgan fingerprint density at radius 3 is 2.82 bits per heavy atom. The molecule has 0 aliphatic heterocycles. The smallest absolute Gasteiger partial charge is 0.325 e. The van der Waals surface area contributed by atoms with Crippen LogP contribution in [-0.4, -0.2) is 29.7 Å². The van der Waals surface area contributed by atoms with Gasteiger partial charge in [-0.2, -0.15) is 0 Å². The van der Waals surface area contributed by atoms with Gasteiger partial charge in [0.1, 0.15) is 6.04 Å². The summed E-state index contributed by atoms with van der Waals surface area (Å²) in [5.41, 5.74) is 1.39. The molecule has 0 bridgehead atoms. The number of carboxylic acid groups (broad SMARTS) is 1. The molecule has 5 nitrogen and oxygen atoms in total. The summed E-state index contributed by atoms with van der Waals surface area (Å²) in [5.74, 6) is -1.03. The van der Waals surface area contributed by atoms with Crippen LogP contribution in [0.15, 0.2) is 11.6 Å². The quantitative estimate of drug-likeness (QED) is 0.639. The predicted molar refractivity (Wildman–Crippen MR) is 64.8 cm³/mol. The molecular weight excluding hydrogens is 220 g/mol. The van der Waals surface area contributed by atoms with E-state index in [-0.39, 0.29) is 0 Å². The van der Waals surface area contributed by atoms with E-state index in [2.05, 4.69) is 16.7 Å². The van der Waals surface area contributed by atoms with Gasteiger partial charge in [0.2, 0.25) is 0 Å². The third kappa shape index (κ3) is 5.38. The summed E-state index contributed by atoms with van der Waals surface area (Å²) >= 11 is 0. The molecule has 0 aromatic rings. The number of hydrogen-bond acceptors (Lipinski definition) is 2. The fraction of sp³-hybridized carbons (Fsp3) is 0.667. The Hall–Kier alpha value is -1.52. The zero-order valence-corrected chi connectivity index (χ0v) is 10.2. The summed E-state index contributed by atoms with van der Waals surface area (Å²) in [6.45, 7) is 2.00. The van der Waals surface area contributed by atoms with Crippen molar-refractivity contribution in [1.82, 2.24) is 10.6 Å². The van der Waals surface area contributed by atoms with Gasteiger partial charge < -0.3 is 15.7 Å². The monoisotopic (exact) mass is 240 g/mol. The van der Waals surface area contributed by atoms with Crippen molar-refractivity contribution >= 4 is 12.0 Å². The maximum Gasteiger partial charge on any atom is 0.325 e. The Labute approximate surface area is 101 Å². The van der Waals surface area contributed by atoms with Gasteiger partial charge in [-0.1, -0.05) is 11.6 Å². The van der Waals surface area contributed by atoms with Crippen molar-refractivity contribution in [3.05, 3.63) is 11.6 Å². The molecule has 17 heavy (non-hydrogen) atoms. The lowest BCUT2D eigenvalue weighted by molar-refractivity contribution is -0.138. The maximum absolute atomic E-state index is 11.3. The molecule has 1 aliphatic rings. The zero-order chi connectivity index (χ0) is 12.7. The Morgan fingerprint density at radius 2 is 2.24 bits per heavy atom. The third-order valence-corrected chi connectivity index (χ3v) is 2.83. The highest BCUT2D eigenvalue weighted by atomic mass is 16.4. The van der Waals surface area contributed by atoms with Crippen LogP contribution in [0.4, 0.5) is 4.79 Å². The topological polar surface area (TPSA) is 78.4 Å². The molecule has 1 aliphatic carbocycles. The predicted octanol–water partition coefficient (Wildman–Crippen LogP) is 1.65. The van der Waals surface area contributed by atoms with E-state index in [1.165, 1.54) is 25.3 Å². The first-order valence-corrected chi connectivity index (χ1v) is 6.04. The zero-order valence-electron chi connectivity index (χ0n) is 10.2. The van der Waals surface area contributed by atoms with Crippen LogP contribution in [0.2, 0.25) is 0 Å². The van der Waals surface area contributed by atoms with E-state index in [0.29, 0.717) is 6.54 Å². The summed E-state index contributed by atoms with van der Waals surface area (Å²) in [4.78, 5) is 21.8. The van der Waals surface area contributed by atoms with Gasteiger partial charge in [-0.25, -0.2) is 4.79 Å². The molecule has 3 N–H and O–H groups in total. The second kappa shape index (κ2) is 6.93. The largest absolute Gasteiger partial charge is 0.480 e. The van der Waals surface area contributed by atoms with Crippen LogP contribution in [0.1, 0.15) is 39.0 Å². The molecule has 0 fully saturated rings. The van der Waals surface area contributed by atoms with Gasteiger partial charge in [0.15, 0.2) is 0 Å². The van der Waals surface area contributed by atoms with Gasteiger partial charge in [0.25, 0.3) is 0 Å². The van der Waals surface area contributed by atoms with Crippen LogP contribution < -0.4 is 10.6 Å². The molecule has 1 rings (SSSR count). The second-order valence-corrected chi connectivity index (χ2v) is 4.32. The number of carbonyl (C=O) groups is 2. The van der Waals surface area contributed by atoms with Gasteiger partial charge in [-0.3, -0.25) is 4.79 Å². The highest BCUT2D eigenvalue weighted by Crippen LogP contribution is 2.19. The number of rotatable bonds is 5. The number of allylic oxidation sites excluding steroid dienone is 1. The third-order valence-electron chi connectivity index (χ3n) is 2.83. The number of carboxylic acids is 1. The molecule has 0 aromatic carbocycles. The highest BCUT2D eigenvalue weighted by Gasteiger charge is 2.13. The Kier molecular flexibility index (Phi) is 5.52. The maximum atomic E-state index is 11.3. The first-order chi connectivity index (χ1) is 8.09. The molecule has 0 saturated heterocycles. The number of aliphatic carboxylic acids is 1. The van der Waals surface area contributed by atoms with Crippen LogP contribution in [0.3, 0.4) is 0 Å². The molecule has 5 heteroatoms. The molecule has 0 aromatic heterocycles. The SMILES string of the molecule is C[C@@H](NC(=O)NCCC1=CCCCC1)C(=O)O. The van der Waals surface area contributed by atoms with E-state index in [1.807, 2.05) is 0 Å². The lowest BCUT2D eigenvalue weighted by atomic mass is 9.97. The molecule has 0 radical (unpaired) electrons. The molecule has 1 atom stereocenters. The summed E-state index contributed by atoms with van der Waals surface area (Å²) in [6, 6.07) is -1.28. The minimum Gasteiger partial charge on any atom is -0.480 e.